The van der Waals surface area contributed by atoms with E-state index in [1.54, 1.807) is 16.4 Å². The number of anilines is 2. The molecule has 4 aromatic rings. The first-order valence-electron chi connectivity index (χ1n) is 13.9. The molecule has 0 radical (unpaired) electrons. The summed E-state index contributed by atoms with van der Waals surface area (Å²) in [5.41, 5.74) is 5.95. The van der Waals surface area contributed by atoms with Gasteiger partial charge in [0.2, 0.25) is 11.1 Å². The zero-order valence-electron chi connectivity index (χ0n) is 24.3. The molecule has 0 aliphatic carbocycles. The van der Waals surface area contributed by atoms with E-state index in [0.29, 0.717) is 52.1 Å². The van der Waals surface area contributed by atoms with Crippen molar-refractivity contribution in [2.24, 2.45) is 0 Å². The summed E-state index contributed by atoms with van der Waals surface area (Å²) < 4.78 is 14.0. The number of carbonyl (C=O) groups is 1. The highest BCUT2D eigenvalue weighted by molar-refractivity contribution is 7.99. The van der Waals surface area contributed by atoms with Crippen LogP contribution >= 0.6 is 23.4 Å². The van der Waals surface area contributed by atoms with E-state index in [4.69, 9.17) is 26.2 Å². The molecule has 1 aromatic heterocycles. The fraction of sp³-hybridized carbons (Fsp3) is 0.281. The van der Waals surface area contributed by atoms with Crippen molar-refractivity contribution in [1.29, 1.82) is 0 Å². The van der Waals surface area contributed by atoms with Crippen LogP contribution in [0, 0.1) is 13.8 Å². The molecule has 0 spiro atoms. The third-order valence-electron chi connectivity index (χ3n) is 7.09. The number of thioether (sulfide) groups is 1. The van der Waals surface area contributed by atoms with Crippen LogP contribution in [0.3, 0.4) is 0 Å². The normalized spacial score (nSPS) is 14.3. The number of rotatable bonds is 10. The van der Waals surface area contributed by atoms with Crippen LogP contribution in [0.2, 0.25) is 5.02 Å². The largest absolute Gasteiger partial charge is 0.490 e. The minimum Gasteiger partial charge on any atom is -0.490 e. The maximum atomic E-state index is 14.0. The maximum absolute atomic E-state index is 14.0. The molecule has 10 heteroatoms. The Labute approximate surface area is 255 Å². The molecule has 1 amide bonds. The molecule has 3 aromatic carbocycles. The van der Waals surface area contributed by atoms with Gasteiger partial charge in [0.15, 0.2) is 11.5 Å². The molecular formula is C32H34ClN5O3S. The van der Waals surface area contributed by atoms with Crippen LogP contribution in [0.15, 0.2) is 77.1 Å². The van der Waals surface area contributed by atoms with Gasteiger partial charge in [-0.3, -0.25) is 4.79 Å². The fourth-order valence-corrected chi connectivity index (χ4v) is 5.50. The Morgan fingerprint density at radius 2 is 1.83 bits per heavy atom. The number of nitrogens with zero attached hydrogens (tertiary/aromatic N) is 3. The third kappa shape index (κ3) is 6.27. The number of halogens is 1. The van der Waals surface area contributed by atoms with Gasteiger partial charge in [-0.2, -0.15) is 4.98 Å². The van der Waals surface area contributed by atoms with Gasteiger partial charge in [-0.25, -0.2) is 4.68 Å². The van der Waals surface area contributed by atoms with Crippen LogP contribution in [0.4, 0.5) is 11.6 Å². The van der Waals surface area contributed by atoms with E-state index in [1.807, 2.05) is 88.4 Å². The minimum absolute atomic E-state index is 0.217. The zero-order chi connectivity index (χ0) is 29.8. The zero-order valence-corrected chi connectivity index (χ0v) is 25.9. The van der Waals surface area contributed by atoms with Gasteiger partial charge >= 0.3 is 0 Å². The number of aryl methyl sites for hydroxylation is 1. The summed E-state index contributed by atoms with van der Waals surface area (Å²) in [4.78, 5) is 18.7. The number of benzene rings is 3. The summed E-state index contributed by atoms with van der Waals surface area (Å²) in [6, 6.07) is 18.6. The highest BCUT2D eigenvalue weighted by atomic mass is 35.5. The molecule has 8 nitrogen and oxygen atoms in total. The second-order valence-electron chi connectivity index (χ2n) is 9.92. The molecule has 0 bridgehead atoms. The van der Waals surface area contributed by atoms with Crippen LogP contribution in [0.1, 0.15) is 49.1 Å². The lowest BCUT2D eigenvalue weighted by atomic mass is 9.94. The van der Waals surface area contributed by atoms with Crippen molar-refractivity contribution in [1.82, 2.24) is 14.8 Å². The Morgan fingerprint density at radius 3 is 2.57 bits per heavy atom. The quantitative estimate of drug-likeness (QED) is 0.181. The van der Waals surface area contributed by atoms with E-state index in [-0.39, 0.29) is 5.91 Å². The SMILES string of the molecule is CCOc1cc(C2C(C(=O)Nc3cccc(C)c3C)=C(C)Nc3nc(SCC)nn32)ccc1OCc1ccc(Cl)cc1. The Kier molecular flexibility index (Phi) is 9.09. The highest BCUT2D eigenvalue weighted by Crippen LogP contribution is 2.40. The Bertz CT molecular complexity index is 1630. The summed E-state index contributed by atoms with van der Waals surface area (Å²) in [7, 11) is 0. The topological polar surface area (TPSA) is 90.3 Å². The number of carbonyl (C=O) groups excluding carboxylic acids is 1. The Hall–Kier alpha value is -3.95. The molecule has 1 atom stereocenters. The van der Waals surface area contributed by atoms with Gasteiger partial charge in [-0.15, -0.1) is 5.10 Å². The summed E-state index contributed by atoms with van der Waals surface area (Å²) in [5.74, 6) is 2.38. The van der Waals surface area contributed by atoms with Gasteiger partial charge in [-0.05, 0) is 86.0 Å². The first-order valence-corrected chi connectivity index (χ1v) is 15.2. The Balaban J connectivity index is 1.53. The molecule has 1 aliphatic rings. The number of ether oxygens (including phenoxy) is 2. The van der Waals surface area contributed by atoms with Gasteiger partial charge in [0, 0.05) is 16.4 Å². The molecule has 218 valence electrons. The van der Waals surface area contributed by atoms with E-state index in [0.717, 1.165) is 33.7 Å². The van der Waals surface area contributed by atoms with E-state index >= 15 is 0 Å². The number of amides is 1. The summed E-state index contributed by atoms with van der Waals surface area (Å²) >= 11 is 7.58. The monoisotopic (exact) mass is 603 g/mol. The molecule has 1 unspecified atom stereocenters. The van der Waals surface area contributed by atoms with Gasteiger partial charge < -0.3 is 20.1 Å². The number of aromatic nitrogens is 3. The van der Waals surface area contributed by atoms with Crippen molar-refractivity contribution >= 4 is 40.9 Å². The van der Waals surface area contributed by atoms with Crippen LogP contribution in [0.5, 0.6) is 11.5 Å². The lowest BCUT2D eigenvalue weighted by molar-refractivity contribution is -0.113. The van der Waals surface area contributed by atoms with Gasteiger partial charge in [-0.1, -0.05) is 60.6 Å². The van der Waals surface area contributed by atoms with Crippen LogP contribution < -0.4 is 20.1 Å². The molecule has 2 N–H and O–H groups in total. The van der Waals surface area contributed by atoms with Crippen molar-refractivity contribution in [2.45, 2.75) is 52.4 Å². The molecule has 42 heavy (non-hydrogen) atoms. The standard InChI is InChI=1S/C32H34ClN5O3S/c1-6-40-27-17-23(13-16-26(27)41-18-22-11-14-24(33)15-12-22)29-28(30(39)35-25-10-8-9-19(3)20(25)4)21(5)34-31-36-32(42-7-2)37-38(29)31/h8-17,29H,6-7,18H2,1-5H3,(H,35,39)(H,34,36,37). The van der Waals surface area contributed by atoms with Gasteiger partial charge in [0.25, 0.3) is 5.91 Å². The second kappa shape index (κ2) is 12.9. The number of nitrogens with one attached hydrogen (secondary N) is 2. The third-order valence-corrected chi connectivity index (χ3v) is 8.07. The predicted octanol–water partition coefficient (Wildman–Crippen LogP) is 7.57. The first-order chi connectivity index (χ1) is 20.3. The van der Waals surface area contributed by atoms with E-state index in [2.05, 4.69) is 22.5 Å². The molecule has 0 fully saturated rings. The van der Waals surface area contributed by atoms with Crippen molar-refractivity contribution in [3.8, 4) is 11.5 Å². The smallest absolute Gasteiger partial charge is 0.255 e. The van der Waals surface area contributed by atoms with Crippen LogP contribution in [-0.4, -0.2) is 33.0 Å². The molecule has 0 saturated carbocycles. The van der Waals surface area contributed by atoms with Crippen molar-refractivity contribution in [3.63, 3.8) is 0 Å². The molecular weight excluding hydrogens is 570 g/mol. The maximum Gasteiger partial charge on any atom is 0.255 e. The number of hydrogen-bond donors (Lipinski definition) is 2. The number of allylic oxidation sites excluding steroid dienone is 1. The Morgan fingerprint density at radius 1 is 1.05 bits per heavy atom. The average Bonchev–Trinajstić information content (AvgIpc) is 3.37. The fourth-order valence-electron chi connectivity index (χ4n) is 4.82. The van der Waals surface area contributed by atoms with Gasteiger partial charge in [0.1, 0.15) is 12.6 Å². The van der Waals surface area contributed by atoms with Crippen molar-refractivity contribution in [2.75, 3.05) is 23.0 Å². The first kappa shape index (κ1) is 29.5. The highest BCUT2D eigenvalue weighted by Gasteiger charge is 2.35. The van der Waals surface area contributed by atoms with E-state index < -0.39 is 6.04 Å². The number of hydrogen-bond acceptors (Lipinski definition) is 7. The summed E-state index contributed by atoms with van der Waals surface area (Å²) in [6.45, 7) is 10.7. The summed E-state index contributed by atoms with van der Waals surface area (Å²) in [6.07, 6.45) is 0. The van der Waals surface area contributed by atoms with Crippen LogP contribution in [0.25, 0.3) is 0 Å². The van der Waals surface area contributed by atoms with Crippen molar-refractivity contribution in [3.05, 3.63) is 99.2 Å². The summed E-state index contributed by atoms with van der Waals surface area (Å²) in [5, 5.41) is 12.6. The molecule has 2 heterocycles. The molecule has 5 rings (SSSR count). The van der Waals surface area contributed by atoms with Crippen LogP contribution in [-0.2, 0) is 11.4 Å². The second-order valence-corrected chi connectivity index (χ2v) is 11.6. The van der Waals surface area contributed by atoms with Crippen molar-refractivity contribution < 1.29 is 14.3 Å². The average molecular weight is 604 g/mol. The predicted molar refractivity (Wildman–Crippen MR) is 169 cm³/mol. The van der Waals surface area contributed by atoms with E-state index in [9.17, 15) is 4.79 Å². The number of fused-ring (bicyclic) bond motifs is 1. The molecule has 1 aliphatic heterocycles. The lowest BCUT2D eigenvalue weighted by Gasteiger charge is -2.29. The lowest BCUT2D eigenvalue weighted by Crippen LogP contribution is -2.31. The van der Waals surface area contributed by atoms with E-state index in [1.165, 1.54) is 0 Å². The van der Waals surface area contributed by atoms with Gasteiger partial charge in [0.05, 0.1) is 12.2 Å². The minimum atomic E-state index is -0.547. The molecule has 0 saturated heterocycles.